The van der Waals surface area contributed by atoms with Crippen LogP contribution in [-0.4, -0.2) is 17.0 Å². The van der Waals surface area contributed by atoms with Crippen LogP contribution < -0.4 is 0 Å². The Morgan fingerprint density at radius 2 is 1.76 bits per heavy atom. The van der Waals surface area contributed by atoms with Crippen molar-refractivity contribution in [1.29, 1.82) is 5.26 Å². The minimum absolute atomic E-state index is 0.305. The second-order valence-corrected chi connectivity index (χ2v) is 5.34. The molecule has 2 aliphatic rings. The summed E-state index contributed by atoms with van der Waals surface area (Å²) in [6.07, 6.45) is 4.74. The van der Waals surface area contributed by atoms with Crippen LogP contribution in [0.3, 0.4) is 0 Å². The van der Waals surface area contributed by atoms with Crippen LogP contribution in [0.4, 0.5) is 0 Å². The summed E-state index contributed by atoms with van der Waals surface area (Å²) in [7, 11) is 0. The Balaban J connectivity index is 1.72. The van der Waals surface area contributed by atoms with Gasteiger partial charge in [0, 0.05) is 24.5 Å². The third-order valence-electron chi connectivity index (χ3n) is 4.27. The molecular weight excluding hydrogens is 208 g/mol. The SMILES string of the molecule is N#C[C@@H]1C[C@H]2CC[C@@H](C1)N2Cc1ccccc1. The van der Waals surface area contributed by atoms with Crippen LogP contribution in [0.25, 0.3) is 0 Å². The number of benzene rings is 1. The highest BCUT2D eigenvalue weighted by Crippen LogP contribution is 2.39. The van der Waals surface area contributed by atoms with Crippen molar-refractivity contribution in [2.45, 2.75) is 44.3 Å². The van der Waals surface area contributed by atoms with Crippen molar-refractivity contribution >= 4 is 0 Å². The average molecular weight is 226 g/mol. The Morgan fingerprint density at radius 1 is 1.12 bits per heavy atom. The largest absolute Gasteiger partial charge is 0.293 e. The van der Waals surface area contributed by atoms with Crippen LogP contribution in [-0.2, 0) is 6.54 Å². The minimum Gasteiger partial charge on any atom is -0.293 e. The molecular formula is C15H18N2. The molecule has 88 valence electrons. The third kappa shape index (κ3) is 2.08. The molecule has 0 N–H and O–H groups in total. The van der Waals surface area contributed by atoms with Crippen molar-refractivity contribution in [3.8, 4) is 6.07 Å². The summed E-state index contributed by atoms with van der Waals surface area (Å²) in [4.78, 5) is 2.63. The van der Waals surface area contributed by atoms with E-state index in [0.717, 1.165) is 19.4 Å². The number of hydrogen-bond donors (Lipinski definition) is 0. The number of fused-ring (bicyclic) bond motifs is 2. The van der Waals surface area contributed by atoms with Gasteiger partial charge < -0.3 is 0 Å². The van der Waals surface area contributed by atoms with Crippen molar-refractivity contribution in [3.05, 3.63) is 35.9 Å². The molecule has 2 heterocycles. The first-order valence-electron chi connectivity index (χ1n) is 6.56. The maximum Gasteiger partial charge on any atom is 0.0657 e. The summed E-state index contributed by atoms with van der Waals surface area (Å²) in [5, 5.41) is 9.06. The van der Waals surface area contributed by atoms with Gasteiger partial charge in [-0.2, -0.15) is 5.26 Å². The highest BCUT2D eigenvalue weighted by atomic mass is 15.2. The van der Waals surface area contributed by atoms with E-state index in [9.17, 15) is 0 Å². The normalized spacial score (nSPS) is 32.3. The molecule has 0 aliphatic carbocycles. The molecule has 2 bridgehead atoms. The molecule has 3 atom stereocenters. The summed E-state index contributed by atoms with van der Waals surface area (Å²) in [5.41, 5.74) is 1.40. The van der Waals surface area contributed by atoms with Crippen molar-refractivity contribution in [3.63, 3.8) is 0 Å². The molecule has 2 fully saturated rings. The van der Waals surface area contributed by atoms with Crippen LogP contribution in [0, 0.1) is 17.2 Å². The zero-order chi connectivity index (χ0) is 11.7. The van der Waals surface area contributed by atoms with Gasteiger partial charge in [-0.05, 0) is 31.2 Å². The number of rotatable bonds is 2. The van der Waals surface area contributed by atoms with Gasteiger partial charge in [0.25, 0.3) is 0 Å². The topological polar surface area (TPSA) is 27.0 Å². The van der Waals surface area contributed by atoms with Gasteiger partial charge >= 0.3 is 0 Å². The molecule has 2 heteroatoms. The second-order valence-electron chi connectivity index (χ2n) is 5.34. The maximum atomic E-state index is 9.06. The first kappa shape index (κ1) is 10.8. The summed E-state index contributed by atoms with van der Waals surface area (Å²) in [6, 6.07) is 14.5. The van der Waals surface area contributed by atoms with Crippen LogP contribution in [0.5, 0.6) is 0 Å². The predicted octanol–water partition coefficient (Wildman–Crippen LogP) is 2.95. The number of nitrogens with zero attached hydrogens (tertiary/aromatic N) is 2. The van der Waals surface area contributed by atoms with Gasteiger partial charge in [0.05, 0.1) is 6.07 Å². The lowest BCUT2D eigenvalue weighted by Gasteiger charge is -2.36. The molecule has 0 radical (unpaired) electrons. The van der Waals surface area contributed by atoms with Crippen LogP contribution in [0.2, 0.25) is 0 Å². The van der Waals surface area contributed by atoms with Crippen LogP contribution in [0.15, 0.2) is 30.3 Å². The Labute approximate surface area is 103 Å². The van der Waals surface area contributed by atoms with Crippen molar-refractivity contribution in [2.24, 2.45) is 5.92 Å². The second kappa shape index (κ2) is 4.50. The minimum atomic E-state index is 0.305. The van der Waals surface area contributed by atoms with E-state index < -0.39 is 0 Å². The van der Waals surface area contributed by atoms with Gasteiger partial charge in [-0.15, -0.1) is 0 Å². The van der Waals surface area contributed by atoms with E-state index in [4.69, 9.17) is 5.26 Å². The monoisotopic (exact) mass is 226 g/mol. The third-order valence-corrected chi connectivity index (χ3v) is 4.27. The lowest BCUT2D eigenvalue weighted by Crippen LogP contribution is -2.41. The van der Waals surface area contributed by atoms with E-state index in [-0.39, 0.29) is 0 Å². The number of hydrogen-bond acceptors (Lipinski definition) is 2. The van der Waals surface area contributed by atoms with Gasteiger partial charge in [0.15, 0.2) is 0 Å². The Kier molecular flexibility index (Phi) is 2.86. The van der Waals surface area contributed by atoms with E-state index in [0.29, 0.717) is 18.0 Å². The highest BCUT2D eigenvalue weighted by molar-refractivity contribution is 5.16. The smallest absolute Gasteiger partial charge is 0.0657 e. The average Bonchev–Trinajstić information content (AvgIpc) is 2.63. The van der Waals surface area contributed by atoms with Gasteiger partial charge in [0.1, 0.15) is 0 Å². The van der Waals surface area contributed by atoms with Gasteiger partial charge in [-0.25, -0.2) is 0 Å². The summed E-state index contributed by atoms with van der Waals surface area (Å²) in [6.45, 7) is 1.06. The quantitative estimate of drug-likeness (QED) is 0.775. The molecule has 0 spiro atoms. The molecule has 1 aromatic rings. The van der Waals surface area contributed by atoms with Crippen LogP contribution in [0.1, 0.15) is 31.2 Å². The Bertz CT molecular complexity index is 406. The molecule has 0 aromatic heterocycles. The van der Waals surface area contributed by atoms with Crippen molar-refractivity contribution < 1.29 is 0 Å². The van der Waals surface area contributed by atoms with Crippen LogP contribution >= 0.6 is 0 Å². The van der Waals surface area contributed by atoms with E-state index in [1.807, 2.05) is 0 Å². The molecule has 17 heavy (non-hydrogen) atoms. The number of nitriles is 1. The number of piperidine rings is 1. The Hall–Kier alpha value is -1.33. The lowest BCUT2D eigenvalue weighted by molar-refractivity contribution is 0.113. The van der Waals surface area contributed by atoms with E-state index in [1.54, 1.807) is 0 Å². The van der Waals surface area contributed by atoms with Gasteiger partial charge in [0.2, 0.25) is 0 Å². The fourth-order valence-corrected chi connectivity index (χ4v) is 3.43. The van der Waals surface area contributed by atoms with Crippen molar-refractivity contribution in [1.82, 2.24) is 4.90 Å². The fraction of sp³-hybridized carbons (Fsp3) is 0.533. The molecule has 0 amide bonds. The summed E-state index contributed by atoms with van der Waals surface area (Å²) >= 11 is 0. The zero-order valence-electron chi connectivity index (χ0n) is 10.0. The predicted molar refractivity (Wildman–Crippen MR) is 67.1 cm³/mol. The maximum absolute atomic E-state index is 9.06. The summed E-state index contributed by atoms with van der Waals surface area (Å²) < 4.78 is 0. The Morgan fingerprint density at radius 3 is 2.35 bits per heavy atom. The van der Waals surface area contributed by atoms with Gasteiger partial charge in [-0.1, -0.05) is 30.3 Å². The van der Waals surface area contributed by atoms with E-state index in [1.165, 1.54) is 18.4 Å². The molecule has 0 unspecified atom stereocenters. The molecule has 2 aliphatic heterocycles. The fourth-order valence-electron chi connectivity index (χ4n) is 3.43. The first-order chi connectivity index (χ1) is 8.36. The molecule has 1 aromatic carbocycles. The highest BCUT2D eigenvalue weighted by Gasteiger charge is 2.40. The molecule has 2 saturated heterocycles. The first-order valence-corrected chi connectivity index (χ1v) is 6.56. The van der Waals surface area contributed by atoms with Crippen molar-refractivity contribution in [2.75, 3.05) is 0 Å². The molecule has 2 nitrogen and oxygen atoms in total. The standard InChI is InChI=1S/C15H18N2/c16-10-13-8-14-6-7-15(9-13)17(14)11-12-4-2-1-3-5-12/h1-5,13-15H,6-9,11H2/t13-,14-,15+. The van der Waals surface area contributed by atoms with E-state index >= 15 is 0 Å². The molecule has 0 saturated carbocycles. The van der Waals surface area contributed by atoms with Gasteiger partial charge in [-0.3, -0.25) is 4.90 Å². The summed E-state index contributed by atoms with van der Waals surface area (Å²) in [5.74, 6) is 0.305. The molecule has 3 rings (SSSR count). The zero-order valence-corrected chi connectivity index (χ0v) is 10.0. The lowest BCUT2D eigenvalue weighted by atomic mass is 9.91. The van der Waals surface area contributed by atoms with E-state index in [2.05, 4.69) is 41.3 Å².